The highest BCUT2D eigenvalue weighted by Gasteiger charge is 2.27. The lowest BCUT2D eigenvalue weighted by Gasteiger charge is -2.24. The first kappa shape index (κ1) is 19.4. The molecule has 0 aromatic heterocycles. The average Bonchev–Trinajstić information content (AvgIpc) is 2.35. The fourth-order valence-corrected chi connectivity index (χ4v) is 1.65. The first-order valence-electron chi connectivity index (χ1n) is 7.15. The molecular weight excluding hydrogens is 274 g/mol. The summed E-state index contributed by atoms with van der Waals surface area (Å²) in [7, 11) is 0. The van der Waals surface area contributed by atoms with Gasteiger partial charge in [-0.1, -0.05) is 27.7 Å². The molecule has 3 unspecified atom stereocenters. The second-order valence-electron chi connectivity index (χ2n) is 6.03. The Kier molecular flexibility index (Phi) is 7.94. The van der Waals surface area contributed by atoms with E-state index >= 15 is 0 Å². The normalized spacial score (nSPS) is 15.4. The van der Waals surface area contributed by atoms with Crippen molar-refractivity contribution < 1.29 is 19.5 Å². The first-order chi connectivity index (χ1) is 9.56. The lowest BCUT2D eigenvalue weighted by atomic mass is 10.0. The fraction of sp³-hybridized carbons (Fsp3) is 0.786. The van der Waals surface area contributed by atoms with E-state index < -0.39 is 35.9 Å². The van der Waals surface area contributed by atoms with E-state index in [1.807, 2.05) is 27.7 Å². The van der Waals surface area contributed by atoms with E-state index in [2.05, 4.69) is 10.6 Å². The van der Waals surface area contributed by atoms with Gasteiger partial charge in [0.25, 0.3) is 0 Å². The fourth-order valence-electron chi connectivity index (χ4n) is 1.65. The van der Waals surface area contributed by atoms with Gasteiger partial charge in [-0.2, -0.15) is 0 Å². The molecule has 0 rings (SSSR count). The third-order valence-corrected chi connectivity index (χ3v) is 3.09. The van der Waals surface area contributed by atoms with Crippen LogP contribution in [0.1, 0.15) is 41.0 Å². The van der Waals surface area contributed by atoms with Crippen molar-refractivity contribution in [2.45, 2.75) is 59.2 Å². The van der Waals surface area contributed by atoms with Gasteiger partial charge in [-0.15, -0.1) is 0 Å². The molecule has 3 atom stereocenters. The molecule has 0 radical (unpaired) electrons. The van der Waals surface area contributed by atoms with Gasteiger partial charge in [-0.3, -0.25) is 14.4 Å². The van der Waals surface area contributed by atoms with Gasteiger partial charge in [0.2, 0.25) is 11.8 Å². The van der Waals surface area contributed by atoms with Crippen molar-refractivity contribution in [2.24, 2.45) is 17.6 Å². The first-order valence-corrected chi connectivity index (χ1v) is 7.15. The van der Waals surface area contributed by atoms with Crippen LogP contribution in [0.4, 0.5) is 0 Å². The molecular formula is C14H27N3O4. The number of carbonyl (C=O) groups is 3. The van der Waals surface area contributed by atoms with Crippen molar-refractivity contribution in [1.82, 2.24) is 10.6 Å². The lowest BCUT2D eigenvalue weighted by Crippen LogP contribution is -2.55. The molecule has 0 aliphatic rings. The van der Waals surface area contributed by atoms with E-state index in [-0.39, 0.29) is 11.8 Å². The topological polar surface area (TPSA) is 122 Å². The van der Waals surface area contributed by atoms with Crippen molar-refractivity contribution in [3.8, 4) is 0 Å². The molecule has 0 fully saturated rings. The number of carbonyl (C=O) groups excluding carboxylic acids is 2. The Bertz CT molecular complexity index is 382. The molecule has 7 heteroatoms. The Morgan fingerprint density at radius 3 is 1.90 bits per heavy atom. The molecule has 0 bridgehead atoms. The van der Waals surface area contributed by atoms with Crippen LogP contribution in [-0.4, -0.2) is 41.0 Å². The van der Waals surface area contributed by atoms with Crippen molar-refractivity contribution >= 4 is 17.8 Å². The molecule has 0 aliphatic carbocycles. The quantitative estimate of drug-likeness (QED) is 0.506. The van der Waals surface area contributed by atoms with Crippen LogP contribution in [-0.2, 0) is 14.4 Å². The number of carboxylic acid groups (broad SMARTS) is 1. The molecule has 0 heterocycles. The van der Waals surface area contributed by atoms with Gasteiger partial charge in [0.05, 0.1) is 6.04 Å². The lowest BCUT2D eigenvalue weighted by molar-refractivity contribution is -0.141. The minimum atomic E-state index is -1.13. The van der Waals surface area contributed by atoms with Gasteiger partial charge in [0, 0.05) is 0 Å². The zero-order valence-corrected chi connectivity index (χ0v) is 13.3. The second-order valence-corrected chi connectivity index (χ2v) is 6.03. The van der Waals surface area contributed by atoms with Gasteiger partial charge in [-0.25, -0.2) is 0 Å². The van der Waals surface area contributed by atoms with Gasteiger partial charge < -0.3 is 21.5 Å². The molecule has 0 aliphatic heterocycles. The summed E-state index contributed by atoms with van der Waals surface area (Å²) in [4.78, 5) is 34.8. The van der Waals surface area contributed by atoms with E-state index in [0.717, 1.165) is 0 Å². The predicted octanol–water partition coefficient (Wildman–Crippen LogP) is 0.0899. The smallest absolute Gasteiger partial charge is 0.325 e. The number of amides is 2. The highest BCUT2D eigenvalue weighted by Crippen LogP contribution is 2.07. The van der Waals surface area contributed by atoms with Gasteiger partial charge in [0.15, 0.2) is 0 Å². The Balaban J connectivity index is 4.83. The van der Waals surface area contributed by atoms with Gasteiger partial charge in [0.1, 0.15) is 12.1 Å². The van der Waals surface area contributed by atoms with Crippen LogP contribution in [0.5, 0.6) is 0 Å². The number of nitrogens with one attached hydrogen (secondary N) is 2. The zero-order chi connectivity index (χ0) is 16.7. The zero-order valence-electron chi connectivity index (χ0n) is 13.3. The van der Waals surface area contributed by atoms with Crippen LogP contribution in [0.25, 0.3) is 0 Å². The van der Waals surface area contributed by atoms with Crippen LogP contribution in [0, 0.1) is 11.8 Å². The van der Waals surface area contributed by atoms with E-state index in [0.29, 0.717) is 6.42 Å². The van der Waals surface area contributed by atoms with Crippen molar-refractivity contribution in [2.75, 3.05) is 0 Å². The molecule has 5 N–H and O–H groups in total. The third-order valence-electron chi connectivity index (χ3n) is 3.09. The summed E-state index contributed by atoms with van der Waals surface area (Å²) in [5, 5.41) is 13.8. The standard InChI is InChI=1S/C14H27N3O4/c1-7(2)6-10(12(18)16-9(5)14(20)21)17-13(19)11(15)8(3)4/h7-11H,6,15H2,1-5H3,(H,16,18)(H,17,19)(H,20,21). The molecule has 2 amide bonds. The van der Waals surface area contributed by atoms with E-state index in [1.54, 1.807) is 0 Å². The van der Waals surface area contributed by atoms with Crippen molar-refractivity contribution in [3.05, 3.63) is 0 Å². The maximum Gasteiger partial charge on any atom is 0.325 e. The van der Waals surface area contributed by atoms with Crippen molar-refractivity contribution in [1.29, 1.82) is 0 Å². The Morgan fingerprint density at radius 1 is 1.00 bits per heavy atom. The van der Waals surface area contributed by atoms with Crippen LogP contribution in [0.3, 0.4) is 0 Å². The summed E-state index contributed by atoms with van der Waals surface area (Å²) in [6.45, 7) is 8.82. The molecule has 7 nitrogen and oxygen atoms in total. The largest absolute Gasteiger partial charge is 0.480 e. The summed E-state index contributed by atoms with van der Waals surface area (Å²) in [5.74, 6) is -1.93. The monoisotopic (exact) mass is 301 g/mol. The molecule has 0 saturated heterocycles. The second kappa shape index (κ2) is 8.61. The number of rotatable bonds is 8. The van der Waals surface area contributed by atoms with Crippen LogP contribution in [0.2, 0.25) is 0 Å². The highest BCUT2D eigenvalue weighted by molar-refractivity contribution is 5.91. The minimum Gasteiger partial charge on any atom is -0.480 e. The summed E-state index contributed by atoms with van der Waals surface area (Å²) >= 11 is 0. The van der Waals surface area contributed by atoms with E-state index in [9.17, 15) is 14.4 Å². The molecule has 0 saturated carbocycles. The maximum atomic E-state index is 12.1. The van der Waals surface area contributed by atoms with Crippen LogP contribution in [0.15, 0.2) is 0 Å². The van der Waals surface area contributed by atoms with Crippen molar-refractivity contribution in [3.63, 3.8) is 0 Å². The van der Waals surface area contributed by atoms with Gasteiger partial charge >= 0.3 is 5.97 Å². The molecule has 0 aromatic carbocycles. The van der Waals surface area contributed by atoms with E-state index in [1.165, 1.54) is 6.92 Å². The molecule has 0 aromatic rings. The van der Waals surface area contributed by atoms with Crippen LogP contribution < -0.4 is 16.4 Å². The summed E-state index contributed by atoms with van der Waals surface area (Å²) < 4.78 is 0. The molecule has 0 spiro atoms. The maximum absolute atomic E-state index is 12.1. The third kappa shape index (κ3) is 7.08. The summed E-state index contributed by atoms with van der Waals surface area (Å²) in [6, 6.07) is -2.50. The number of hydrogen-bond donors (Lipinski definition) is 4. The Labute approximate surface area is 125 Å². The number of hydrogen-bond acceptors (Lipinski definition) is 4. The van der Waals surface area contributed by atoms with Crippen LogP contribution >= 0.6 is 0 Å². The summed E-state index contributed by atoms with van der Waals surface area (Å²) in [6.07, 6.45) is 0.411. The molecule has 122 valence electrons. The predicted molar refractivity (Wildman–Crippen MR) is 79.4 cm³/mol. The Morgan fingerprint density at radius 2 is 1.52 bits per heavy atom. The SMILES string of the molecule is CC(C)CC(NC(=O)C(N)C(C)C)C(=O)NC(C)C(=O)O. The van der Waals surface area contributed by atoms with E-state index in [4.69, 9.17) is 10.8 Å². The number of carboxylic acids is 1. The highest BCUT2D eigenvalue weighted by atomic mass is 16.4. The molecule has 21 heavy (non-hydrogen) atoms. The van der Waals surface area contributed by atoms with Gasteiger partial charge in [-0.05, 0) is 25.2 Å². The number of nitrogens with two attached hydrogens (primary N) is 1. The number of aliphatic carboxylic acids is 1. The minimum absolute atomic E-state index is 0.0503. The Hall–Kier alpha value is -1.63. The summed E-state index contributed by atoms with van der Waals surface area (Å²) in [5.41, 5.74) is 5.75. The average molecular weight is 301 g/mol.